The quantitative estimate of drug-likeness (QED) is 0.697. The molecule has 2 aliphatic heterocycles. The Kier molecular flexibility index (Phi) is 4.09. The molecule has 16 heavy (non-hydrogen) atoms. The summed E-state index contributed by atoms with van der Waals surface area (Å²) in [5.74, 6) is 1.51. The van der Waals surface area contributed by atoms with E-state index in [1.165, 1.54) is 0 Å². The molecule has 1 amide bonds. The molecule has 2 rings (SSSR count). The fraction of sp³-hybridized carbons (Fsp3) is 0.917. The Bertz CT molecular complexity index is 251. The molecule has 92 valence electrons. The highest BCUT2D eigenvalue weighted by Gasteiger charge is 2.33. The molecule has 0 aromatic heterocycles. The molecule has 0 N–H and O–H groups in total. The van der Waals surface area contributed by atoms with Crippen molar-refractivity contribution in [3.63, 3.8) is 0 Å². The maximum atomic E-state index is 12.1. The second kappa shape index (κ2) is 5.37. The second-order valence-electron chi connectivity index (χ2n) is 4.94. The van der Waals surface area contributed by atoms with Crippen molar-refractivity contribution < 1.29 is 9.53 Å². The number of rotatable bonds is 2. The Hall–Kier alpha value is -0.280. The number of amides is 1. The van der Waals surface area contributed by atoms with Gasteiger partial charge in [0.1, 0.15) is 6.10 Å². The van der Waals surface area contributed by atoms with Crippen LogP contribution in [0.1, 0.15) is 32.6 Å². The molecule has 0 aromatic carbocycles. The minimum Gasteiger partial charge on any atom is -0.365 e. The van der Waals surface area contributed by atoms with Gasteiger partial charge < -0.3 is 9.64 Å². The lowest BCUT2D eigenvalue weighted by molar-refractivity contribution is -0.143. The van der Waals surface area contributed by atoms with Crippen molar-refractivity contribution in [3.8, 4) is 0 Å². The van der Waals surface area contributed by atoms with E-state index in [4.69, 9.17) is 16.3 Å². The number of carbonyl (C=O) groups excluding carboxylic acids is 1. The molecule has 2 fully saturated rings. The summed E-state index contributed by atoms with van der Waals surface area (Å²) in [6.07, 6.45) is 4.04. The van der Waals surface area contributed by atoms with Crippen LogP contribution < -0.4 is 0 Å². The average molecular weight is 246 g/mol. The Morgan fingerprint density at radius 1 is 1.31 bits per heavy atom. The SMILES string of the molecule is CC1CCC(C(=O)N2CCC(CCl)CC2)O1. The van der Waals surface area contributed by atoms with Gasteiger partial charge in [0.15, 0.2) is 0 Å². The zero-order chi connectivity index (χ0) is 11.5. The van der Waals surface area contributed by atoms with Gasteiger partial charge in [0.05, 0.1) is 6.10 Å². The van der Waals surface area contributed by atoms with Gasteiger partial charge in [0.2, 0.25) is 0 Å². The van der Waals surface area contributed by atoms with Crippen molar-refractivity contribution in [2.75, 3.05) is 19.0 Å². The maximum absolute atomic E-state index is 12.1. The van der Waals surface area contributed by atoms with Crippen LogP contribution in [-0.2, 0) is 9.53 Å². The minimum absolute atomic E-state index is 0.178. The smallest absolute Gasteiger partial charge is 0.251 e. The lowest BCUT2D eigenvalue weighted by Crippen LogP contribution is -2.44. The molecule has 0 spiro atoms. The molecule has 0 aliphatic carbocycles. The summed E-state index contributed by atoms with van der Waals surface area (Å²) < 4.78 is 5.61. The van der Waals surface area contributed by atoms with E-state index in [-0.39, 0.29) is 18.1 Å². The van der Waals surface area contributed by atoms with Crippen molar-refractivity contribution in [2.24, 2.45) is 5.92 Å². The number of alkyl halides is 1. The number of ether oxygens (including phenoxy) is 1. The molecule has 2 aliphatic rings. The van der Waals surface area contributed by atoms with Crippen LogP contribution in [0.25, 0.3) is 0 Å². The van der Waals surface area contributed by atoms with E-state index >= 15 is 0 Å². The Morgan fingerprint density at radius 2 is 2.00 bits per heavy atom. The standard InChI is InChI=1S/C12H20ClNO2/c1-9-2-3-11(16-9)12(15)14-6-4-10(8-13)5-7-14/h9-11H,2-8H2,1H3. The third-order valence-electron chi connectivity index (χ3n) is 3.65. The van der Waals surface area contributed by atoms with Gasteiger partial charge in [-0.15, -0.1) is 11.6 Å². The van der Waals surface area contributed by atoms with Gasteiger partial charge in [-0.2, -0.15) is 0 Å². The number of carbonyl (C=O) groups is 1. The zero-order valence-corrected chi connectivity index (χ0v) is 10.6. The molecule has 0 radical (unpaired) electrons. The monoisotopic (exact) mass is 245 g/mol. The second-order valence-corrected chi connectivity index (χ2v) is 5.24. The topological polar surface area (TPSA) is 29.5 Å². The lowest BCUT2D eigenvalue weighted by Gasteiger charge is -2.32. The van der Waals surface area contributed by atoms with Crippen LogP contribution in [0.4, 0.5) is 0 Å². The average Bonchev–Trinajstić information content (AvgIpc) is 2.75. The summed E-state index contributed by atoms with van der Waals surface area (Å²) in [5, 5.41) is 0. The van der Waals surface area contributed by atoms with Crippen molar-refractivity contribution >= 4 is 17.5 Å². The Labute approximate surface area is 102 Å². The lowest BCUT2D eigenvalue weighted by atomic mass is 9.98. The highest BCUT2D eigenvalue weighted by molar-refractivity contribution is 6.18. The summed E-state index contributed by atoms with van der Waals surface area (Å²) in [6, 6.07) is 0. The normalized spacial score (nSPS) is 32.0. The van der Waals surface area contributed by atoms with Gasteiger partial charge in [-0.1, -0.05) is 0 Å². The number of likely N-dealkylation sites (tertiary alicyclic amines) is 1. The van der Waals surface area contributed by atoms with Crippen LogP contribution in [0.5, 0.6) is 0 Å². The number of hydrogen-bond donors (Lipinski definition) is 0. The molecule has 0 saturated carbocycles. The Morgan fingerprint density at radius 3 is 2.50 bits per heavy atom. The molecular formula is C12H20ClNO2. The van der Waals surface area contributed by atoms with E-state index < -0.39 is 0 Å². The molecule has 2 heterocycles. The van der Waals surface area contributed by atoms with Crippen LogP contribution in [0.2, 0.25) is 0 Å². The van der Waals surface area contributed by atoms with Gasteiger partial charge in [-0.25, -0.2) is 0 Å². The first-order valence-corrected chi connectivity index (χ1v) is 6.74. The molecular weight excluding hydrogens is 226 g/mol. The molecule has 2 unspecified atom stereocenters. The van der Waals surface area contributed by atoms with Crippen LogP contribution >= 0.6 is 11.6 Å². The van der Waals surface area contributed by atoms with Crippen molar-refractivity contribution in [2.45, 2.75) is 44.8 Å². The van der Waals surface area contributed by atoms with Crippen LogP contribution in [0.15, 0.2) is 0 Å². The first kappa shape index (κ1) is 12.2. The van der Waals surface area contributed by atoms with Gasteiger partial charge in [-0.05, 0) is 38.5 Å². The molecule has 4 heteroatoms. The third kappa shape index (κ3) is 2.69. The minimum atomic E-state index is -0.178. The summed E-state index contributed by atoms with van der Waals surface area (Å²) in [4.78, 5) is 14.1. The largest absolute Gasteiger partial charge is 0.365 e. The van der Waals surface area contributed by atoms with Gasteiger partial charge >= 0.3 is 0 Å². The summed E-state index contributed by atoms with van der Waals surface area (Å²) >= 11 is 5.83. The fourth-order valence-corrected chi connectivity index (χ4v) is 2.80. The van der Waals surface area contributed by atoms with E-state index in [0.29, 0.717) is 5.92 Å². The van der Waals surface area contributed by atoms with Crippen molar-refractivity contribution in [1.29, 1.82) is 0 Å². The number of halogens is 1. The summed E-state index contributed by atoms with van der Waals surface area (Å²) in [6.45, 7) is 3.74. The van der Waals surface area contributed by atoms with E-state index in [9.17, 15) is 4.79 Å². The molecule has 3 nitrogen and oxygen atoms in total. The molecule has 2 atom stereocenters. The summed E-state index contributed by atoms with van der Waals surface area (Å²) in [5.41, 5.74) is 0. The highest BCUT2D eigenvalue weighted by atomic mass is 35.5. The third-order valence-corrected chi connectivity index (χ3v) is 4.09. The van der Waals surface area contributed by atoms with Crippen LogP contribution in [0, 0.1) is 5.92 Å². The maximum Gasteiger partial charge on any atom is 0.251 e. The molecule has 0 aromatic rings. The van der Waals surface area contributed by atoms with E-state index in [2.05, 4.69) is 0 Å². The predicted molar refractivity (Wildman–Crippen MR) is 63.6 cm³/mol. The predicted octanol–water partition coefficient (Wildman–Crippen LogP) is 2.03. The van der Waals surface area contributed by atoms with Gasteiger partial charge in [-0.3, -0.25) is 4.79 Å². The zero-order valence-electron chi connectivity index (χ0n) is 9.82. The van der Waals surface area contributed by atoms with E-state index in [1.54, 1.807) is 0 Å². The molecule has 2 saturated heterocycles. The summed E-state index contributed by atoms with van der Waals surface area (Å²) in [7, 11) is 0. The number of piperidine rings is 1. The van der Waals surface area contributed by atoms with Gasteiger partial charge in [0, 0.05) is 19.0 Å². The van der Waals surface area contributed by atoms with E-state index in [1.807, 2.05) is 11.8 Å². The van der Waals surface area contributed by atoms with Crippen LogP contribution in [-0.4, -0.2) is 42.0 Å². The Balaban J connectivity index is 1.82. The van der Waals surface area contributed by atoms with E-state index in [0.717, 1.165) is 44.7 Å². The van der Waals surface area contributed by atoms with Crippen LogP contribution in [0.3, 0.4) is 0 Å². The molecule has 0 bridgehead atoms. The number of nitrogens with zero attached hydrogens (tertiary/aromatic N) is 1. The fourth-order valence-electron chi connectivity index (χ4n) is 2.50. The first-order chi connectivity index (χ1) is 7.70. The van der Waals surface area contributed by atoms with Crippen molar-refractivity contribution in [1.82, 2.24) is 4.90 Å². The number of hydrogen-bond acceptors (Lipinski definition) is 2. The first-order valence-electron chi connectivity index (χ1n) is 6.21. The van der Waals surface area contributed by atoms with Crippen molar-refractivity contribution in [3.05, 3.63) is 0 Å². The van der Waals surface area contributed by atoms with Gasteiger partial charge in [0.25, 0.3) is 5.91 Å². The highest BCUT2D eigenvalue weighted by Crippen LogP contribution is 2.24.